The third kappa shape index (κ3) is 1.78. The second-order valence-corrected chi connectivity index (χ2v) is 4.14. The van der Waals surface area contributed by atoms with E-state index >= 15 is 0 Å². The Morgan fingerprint density at radius 3 is 2.76 bits per heavy atom. The summed E-state index contributed by atoms with van der Waals surface area (Å²) in [5, 5.41) is 0. The maximum absolute atomic E-state index is 4.53. The van der Waals surface area contributed by atoms with E-state index < -0.39 is 0 Å². The summed E-state index contributed by atoms with van der Waals surface area (Å²) in [7, 11) is 0. The van der Waals surface area contributed by atoms with Crippen LogP contribution in [0.25, 0.3) is 22.4 Å². The minimum absolute atomic E-state index is 0.751. The predicted molar refractivity (Wildman–Crippen MR) is 66.6 cm³/mol. The minimum Gasteiger partial charge on any atom is -0.341 e. The van der Waals surface area contributed by atoms with E-state index in [-0.39, 0.29) is 0 Å². The number of rotatable bonds is 1. The lowest BCUT2D eigenvalue weighted by atomic mass is 10.1. The van der Waals surface area contributed by atoms with Crippen LogP contribution in [-0.4, -0.2) is 19.9 Å². The first kappa shape index (κ1) is 9.96. The van der Waals surface area contributed by atoms with Crippen molar-refractivity contribution in [3.8, 4) is 11.3 Å². The van der Waals surface area contributed by atoms with Gasteiger partial charge in [-0.2, -0.15) is 0 Å². The standard InChI is InChI=1S/C13H12N4/c1-8-5-10(7-14-6-8)11-3-4-12-13(17-11)16-9(2)15-12/h3-7H,1-2H3,(H,15,16,17). The van der Waals surface area contributed by atoms with Crippen molar-refractivity contribution in [2.45, 2.75) is 13.8 Å². The molecule has 0 saturated heterocycles. The van der Waals surface area contributed by atoms with Gasteiger partial charge < -0.3 is 4.98 Å². The smallest absolute Gasteiger partial charge is 0.178 e. The Labute approximate surface area is 98.8 Å². The highest BCUT2D eigenvalue weighted by Gasteiger charge is 2.04. The van der Waals surface area contributed by atoms with Gasteiger partial charge in [-0.15, -0.1) is 0 Å². The van der Waals surface area contributed by atoms with E-state index in [4.69, 9.17) is 0 Å². The van der Waals surface area contributed by atoms with E-state index in [1.807, 2.05) is 38.4 Å². The van der Waals surface area contributed by atoms with Crippen molar-refractivity contribution >= 4 is 11.2 Å². The van der Waals surface area contributed by atoms with Crippen LogP contribution in [-0.2, 0) is 0 Å². The molecule has 0 aliphatic heterocycles. The van der Waals surface area contributed by atoms with E-state index in [9.17, 15) is 0 Å². The van der Waals surface area contributed by atoms with Crippen molar-refractivity contribution in [3.63, 3.8) is 0 Å². The van der Waals surface area contributed by atoms with Crippen molar-refractivity contribution in [1.82, 2.24) is 19.9 Å². The van der Waals surface area contributed by atoms with Crippen LogP contribution in [0.4, 0.5) is 0 Å². The van der Waals surface area contributed by atoms with E-state index in [1.54, 1.807) is 0 Å². The lowest BCUT2D eigenvalue weighted by Gasteiger charge is -2.00. The molecular weight excluding hydrogens is 212 g/mol. The number of aryl methyl sites for hydroxylation is 2. The monoisotopic (exact) mass is 224 g/mol. The molecule has 0 bridgehead atoms. The summed E-state index contributed by atoms with van der Waals surface area (Å²) in [5.41, 5.74) is 4.77. The topological polar surface area (TPSA) is 54.5 Å². The molecule has 0 fully saturated rings. The average Bonchev–Trinajstić information content (AvgIpc) is 2.68. The minimum atomic E-state index is 0.751. The van der Waals surface area contributed by atoms with Crippen LogP contribution in [0.3, 0.4) is 0 Å². The number of pyridine rings is 2. The number of H-pyrrole nitrogens is 1. The molecule has 3 rings (SSSR count). The highest BCUT2D eigenvalue weighted by molar-refractivity contribution is 5.75. The van der Waals surface area contributed by atoms with Gasteiger partial charge in [0.05, 0.1) is 11.2 Å². The Hall–Kier alpha value is -2.23. The largest absolute Gasteiger partial charge is 0.341 e. The van der Waals surface area contributed by atoms with E-state index in [1.165, 1.54) is 0 Å². The first-order valence-electron chi connectivity index (χ1n) is 5.48. The van der Waals surface area contributed by atoms with Crippen LogP contribution in [0, 0.1) is 13.8 Å². The molecule has 0 aliphatic rings. The second-order valence-electron chi connectivity index (χ2n) is 4.14. The molecule has 0 aliphatic carbocycles. The molecule has 0 spiro atoms. The molecule has 0 radical (unpaired) electrons. The first-order chi connectivity index (χ1) is 8.22. The molecule has 4 heteroatoms. The van der Waals surface area contributed by atoms with Gasteiger partial charge >= 0.3 is 0 Å². The summed E-state index contributed by atoms with van der Waals surface area (Å²) in [5.74, 6) is 0.881. The Kier molecular flexibility index (Phi) is 2.14. The quantitative estimate of drug-likeness (QED) is 0.691. The zero-order valence-corrected chi connectivity index (χ0v) is 9.73. The number of hydrogen-bond donors (Lipinski definition) is 1. The molecule has 0 atom stereocenters. The fourth-order valence-corrected chi connectivity index (χ4v) is 1.87. The van der Waals surface area contributed by atoms with Crippen LogP contribution in [0.1, 0.15) is 11.4 Å². The van der Waals surface area contributed by atoms with Gasteiger partial charge in [-0.3, -0.25) is 4.98 Å². The number of nitrogens with one attached hydrogen (secondary N) is 1. The van der Waals surface area contributed by atoms with Crippen molar-refractivity contribution < 1.29 is 0 Å². The fourth-order valence-electron chi connectivity index (χ4n) is 1.87. The van der Waals surface area contributed by atoms with Crippen molar-refractivity contribution in [2.24, 2.45) is 0 Å². The zero-order chi connectivity index (χ0) is 11.8. The number of nitrogens with zero attached hydrogens (tertiary/aromatic N) is 3. The van der Waals surface area contributed by atoms with Gasteiger partial charge in [0.2, 0.25) is 0 Å². The number of hydrogen-bond acceptors (Lipinski definition) is 3. The molecule has 1 N–H and O–H groups in total. The van der Waals surface area contributed by atoms with Gasteiger partial charge in [-0.1, -0.05) is 0 Å². The van der Waals surface area contributed by atoms with E-state index in [2.05, 4.69) is 26.0 Å². The summed E-state index contributed by atoms with van der Waals surface area (Å²) in [6.07, 6.45) is 3.65. The molecule has 17 heavy (non-hydrogen) atoms. The lowest BCUT2D eigenvalue weighted by molar-refractivity contribution is 1.16. The van der Waals surface area contributed by atoms with Crippen molar-refractivity contribution in [1.29, 1.82) is 0 Å². The fraction of sp³-hybridized carbons (Fsp3) is 0.154. The Bertz CT molecular complexity index is 685. The Balaban J connectivity index is 2.17. The molecule has 0 unspecified atom stereocenters. The molecule has 84 valence electrons. The maximum Gasteiger partial charge on any atom is 0.178 e. The molecule has 3 heterocycles. The lowest BCUT2D eigenvalue weighted by Crippen LogP contribution is -1.87. The number of imidazole rings is 1. The highest BCUT2D eigenvalue weighted by atomic mass is 15.0. The summed E-state index contributed by atoms with van der Waals surface area (Å²) >= 11 is 0. The number of aromatic amines is 1. The van der Waals surface area contributed by atoms with Gasteiger partial charge in [0, 0.05) is 18.0 Å². The van der Waals surface area contributed by atoms with Gasteiger partial charge in [-0.25, -0.2) is 9.97 Å². The molecule has 4 nitrogen and oxygen atoms in total. The van der Waals surface area contributed by atoms with Crippen LogP contribution in [0.5, 0.6) is 0 Å². The predicted octanol–water partition coefficient (Wildman–Crippen LogP) is 2.64. The normalized spacial score (nSPS) is 10.9. The number of fused-ring (bicyclic) bond motifs is 1. The second kappa shape index (κ2) is 3.66. The first-order valence-corrected chi connectivity index (χ1v) is 5.48. The van der Waals surface area contributed by atoms with Crippen LogP contribution in [0.15, 0.2) is 30.6 Å². The van der Waals surface area contributed by atoms with Crippen LogP contribution in [0.2, 0.25) is 0 Å². The van der Waals surface area contributed by atoms with Gasteiger partial charge in [0.1, 0.15) is 5.82 Å². The SMILES string of the molecule is Cc1cncc(-c2ccc3[nH]c(C)nc3n2)c1. The van der Waals surface area contributed by atoms with Crippen molar-refractivity contribution in [3.05, 3.63) is 42.0 Å². The van der Waals surface area contributed by atoms with Gasteiger partial charge in [-0.05, 0) is 37.6 Å². The molecule has 3 aromatic heterocycles. The number of aromatic nitrogens is 4. The van der Waals surface area contributed by atoms with Crippen molar-refractivity contribution in [2.75, 3.05) is 0 Å². The maximum atomic E-state index is 4.53. The van der Waals surface area contributed by atoms with E-state index in [0.29, 0.717) is 0 Å². The van der Waals surface area contributed by atoms with Crippen LogP contribution >= 0.6 is 0 Å². The molecule has 3 aromatic rings. The molecule has 0 amide bonds. The van der Waals surface area contributed by atoms with Gasteiger partial charge in [0.15, 0.2) is 5.65 Å². The molecule has 0 aromatic carbocycles. The summed E-state index contributed by atoms with van der Waals surface area (Å²) in [6, 6.07) is 6.05. The summed E-state index contributed by atoms with van der Waals surface area (Å²) in [4.78, 5) is 16.2. The van der Waals surface area contributed by atoms with Crippen LogP contribution < -0.4 is 0 Å². The Morgan fingerprint density at radius 2 is 1.94 bits per heavy atom. The highest BCUT2D eigenvalue weighted by Crippen LogP contribution is 2.19. The zero-order valence-electron chi connectivity index (χ0n) is 9.73. The third-order valence-electron chi connectivity index (χ3n) is 2.64. The molecule has 0 saturated carbocycles. The summed E-state index contributed by atoms with van der Waals surface area (Å²) < 4.78 is 0. The van der Waals surface area contributed by atoms with E-state index in [0.717, 1.165) is 33.8 Å². The third-order valence-corrected chi connectivity index (χ3v) is 2.64. The summed E-state index contributed by atoms with van der Waals surface area (Å²) in [6.45, 7) is 3.95. The molecular formula is C13H12N4. The average molecular weight is 224 g/mol. The Morgan fingerprint density at radius 1 is 1.06 bits per heavy atom. The van der Waals surface area contributed by atoms with Gasteiger partial charge in [0.25, 0.3) is 0 Å².